The van der Waals surface area contributed by atoms with Gasteiger partial charge in [-0.2, -0.15) is 0 Å². The second kappa shape index (κ2) is 12.5. The third kappa shape index (κ3) is 7.36. The summed E-state index contributed by atoms with van der Waals surface area (Å²) in [7, 11) is 3.18. The first-order valence-corrected chi connectivity index (χ1v) is 10.2. The summed E-state index contributed by atoms with van der Waals surface area (Å²) in [5.74, 6) is 0.445. The van der Waals surface area contributed by atoms with Crippen LogP contribution in [0.1, 0.15) is 22.2 Å². The molecular formula is C19H25ClN2O6S. The van der Waals surface area contributed by atoms with Gasteiger partial charge >= 0.3 is 5.97 Å². The van der Waals surface area contributed by atoms with Gasteiger partial charge < -0.3 is 29.0 Å². The Hall–Kier alpha value is -2.07. The second-order valence-corrected chi connectivity index (χ2v) is 7.38. The molecule has 2 rings (SSSR count). The first kappa shape index (κ1) is 23.2. The lowest BCUT2D eigenvalue weighted by Crippen LogP contribution is -2.13. The van der Waals surface area contributed by atoms with Crippen molar-refractivity contribution in [3.05, 3.63) is 33.2 Å². The van der Waals surface area contributed by atoms with Crippen molar-refractivity contribution in [1.29, 1.82) is 0 Å². The zero-order valence-electron chi connectivity index (χ0n) is 16.7. The van der Waals surface area contributed by atoms with Gasteiger partial charge in [0.05, 0.1) is 37.6 Å². The number of hydrogen-bond acceptors (Lipinski definition) is 9. The topological polar surface area (TPSA) is 88.1 Å². The normalized spacial score (nSPS) is 10.6. The Kier molecular flexibility index (Phi) is 9.99. The molecule has 1 aromatic heterocycles. The number of aromatic nitrogens is 1. The number of rotatable bonds is 13. The average molecular weight is 445 g/mol. The number of halogens is 1. The van der Waals surface area contributed by atoms with Crippen molar-refractivity contribution in [2.45, 2.75) is 13.5 Å². The van der Waals surface area contributed by atoms with Crippen molar-refractivity contribution < 1.29 is 28.5 Å². The van der Waals surface area contributed by atoms with Gasteiger partial charge in [-0.3, -0.25) is 0 Å². The molecule has 8 nitrogen and oxygen atoms in total. The zero-order valence-corrected chi connectivity index (χ0v) is 18.2. The number of carbonyl (C=O) groups excluding carboxylic acids is 1. The van der Waals surface area contributed by atoms with E-state index in [4.69, 9.17) is 35.3 Å². The molecule has 0 unspecified atom stereocenters. The Morgan fingerprint density at radius 3 is 2.31 bits per heavy atom. The molecule has 0 atom stereocenters. The van der Waals surface area contributed by atoms with E-state index in [2.05, 4.69) is 10.3 Å². The monoisotopic (exact) mass is 444 g/mol. The van der Waals surface area contributed by atoms with E-state index >= 15 is 0 Å². The summed E-state index contributed by atoms with van der Waals surface area (Å²) < 4.78 is 27.2. The van der Waals surface area contributed by atoms with Crippen LogP contribution < -0.4 is 14.8 Å². The molecule has 160 valence electrons. The standard InChI is InChI=1S/C19H25ClN2O6S/c1-4-26-18(23)14-9-16(27-7-5-24-2)17(28-8-6-25-3)10-15(14)21-11-13-12-22-19(20)29-13/h9-10,12,21H,4-8,11H2,1-3H3. The highest BCUT2D eigenvalue weighted by atomic mass is 35.5. The molecule has 29 heavy (non-hydrogen) atoms. The van der Waals surface area contributed by atoms with E-state index in [-0.39, 0.29) is 6.61 Å². The van der Waals surface area contributed by atoms with Gasteiger partial charge in [0.1, 0.15) is 13.2 Å². The van der Waals surface area contributed by atoms with Gasteiger partial charge in [-0.15, -0.1) is 11.3 Å². The van der Waals surface area contributed by atoms with E-state index in [1.165, 1.54) is 11.3 Å². The molecule has 0 fully saturated rings. The van der Waals surface area contributed by atoms with Crippen molar-refractivity contribution in [2.24, 2.45) is 0 Å². The van der Waals surface area contributed by atoms with Crippen molar-refractivity contribution in [3.63, 3.8) is 0 Å². The van der Waals surface area contributed by atoms with Gasteiger partial charge in [0, 0.05) is 37.4 Å². The summed E-state index contributed by atoms with van der Waals surface area (Å²) in [5.41, 5.74) is 0.897. The molecule has 0 spiro atoms. The number of esters is 1. The predicted octanol–water partition coefficient (Wildman–Crippen LogP) is 3.64. The SMILES string of the molecule is CCOC(=O)c1cc(OCCOC)c(OCCOC)cc1NCc1cnc(Cl)s1. The van der Waals surface area contributed by atoms with Crippen LogP contribution in [-0.4, -0.2) is 58.2 Å². The number of ether oxygens (including phenoxy) is 5. The van der Waals surface area contributed by atoms with Crippen molar-refractivity contribution >= 4 is 34.6 Å². The number of methoxy groups -OCH3 is 2. The number of nitrogens with zero attached hydrogens (tertiary/aromatic N) is 1. The minimum Gasteiger partial charge on any atom is -0.487 e. The maximum absolute atomic E-state index is 12.5. The maximum atomic E-state index is 12.5. The van der Waals surface area contributed by atoms with E-state index in [0.717, 1.165) is 4.88 Å². The van der Waals surface area contributed by atoms with Crippen LogP contribution in [0, 0.1) is 0 Å². The van der Waals surface area contributed by atoms with Gasteiger partial charge in [-0.25, -0.2) is 9.78 Å². The van der Waals surface area contributed by atoms with Crippen LogP contribution in [0.5, 0.6) is 11.5 Å². The first-order valence-electron chi connectivity index (χ1n) is 9.01. The van der Waals surface area contributed by atoms with E-state index < -0.39 is 5.97 Å². The Morgan fingerprint density at radius 2 is 1.76 bits per heavy atom. The molecule has 0 radical (unpaired) electrons. The molecular weight excluding hydrogens is 420 g/mol. The number of nitrogens with one attached hydrogen (secondary N) is 1. The van der Waals surface area contributed by atoms with E-state index in [1.807, 2.05) is 0 Å². The highest BCUT2D eigenvalue weighted by molar-refractivity contribution is 7.15. The Bertz CT molecular complexity index is 786. The van der Waals surface area contributed by atoms with E-state index in [9.17, 15) is 4.79 Å². The summed E-state index contributed by atoms with van der Waals surface area (Å²) in [6.45, 7) is 3.92. The second-order valence-electron chi connectivity index (χ2n) is 5.68. The van der Waals surface area contributed by atoms with Gasteiger partial charge in [0.15, 0.2) is 16.0 Å². The molecule has 0 saturated carbocycles. The summed E-state index contributed by atoms with van der Waals surface area (Å²) >= 11 is 7.25. The van der Waals surface area contributed by atoms with E-state index in [1.54, 1.807) is 39.5 Å². The van der Waals surface area contributed by atoms with Crippen molar-refractivity contribution in [3.8, 4) is 11.5 Å². The molecule has 0 bridgehead atoms. The van der Waals surface area contributed by atoms with Crippen LogP contribution in [0.25, 0.3) is 0 Å². The molecule has 1 heterocycles. The van der Waals surface area contributed by atoms with Crippen LogP contribution in [0.15, 0.2) is 18.3 Å². The minimum atomic E-state index is -0.461. The molecule has 0 saturated heterocycles. The van der Waals surface area contributed by atoms with Crippen molar-refractivity contribution in [1.82, 2.24) is 4.98 Å². The van der Waals surface area contributed by atoms with Crippen LogP contribution in [0.4, 0.5) is 5.69 Å². The largest absolute Gasteiger partial charge is 0.487 e. The lowest BCUT2D eigenvalue weighted by molar-refractivity contribution is 0.0526. The van der Waals surface area contributed by atoms with Crippen molar-refractivity contribution in [2.75, 3.05) is 52.6 Å². The highest BCUT2D eigenvalue weighted by Gasteiger charge is 2.19. The molecule has 10 heteroatoms. The van der Waals surface area contributed by atoms with Crippen LogP contribution >= 0.6 is 22.9 Å². The van der Waals surface area contributed by atoms with Gasteiger partial charge in [0.2, 0.25) is 0 Å². The number of hydrogen-bond donors (Lipinski definition) is 1. The van der Waals surface area contributed by atoms with Gasteiger partial charge in [0.25, 0.3) is 0 Å². The smallest absolute Gasteiger partial charge is 0.340 e. The molecule has 2 aromatic rings. The molecule has 0 aliphatic carbocycles. The number of thiazole rings is 1. The molecule has 0 aliphatic heterocycles. The Balaban J connectivity index is 2.31. The molecule has 1 aromatic carbocycles. The summed E-state index contributed by atoms with van der Waals surface area (Å²) in [6.07, 6.45) is 1.68. The average Bonchev–Trinajstić information content (AvgIpc) is 3.13. The molecule has 0 amide bonds. The van der Waals surface area contributed by atoms with Gasteiger partial charge in [-0.05, 0) is 6.92 Å². The third-order valence-corrected chi connectivity index (χ3v) is 4.76. The zero-order chi connectivity index (χ0) is 21.1. The lowest BCUT2D eigenvalue weighted by atomic mass is 10.1. The van der Waals surface area contributed by atoms with Gasteiger partial charge in [-0.1, -0.05) is 11.6 Å². The highest BCUT2D eigenvalue weighted by Crippen LogP contribution is 2.35. The number of carbonyl (C=O) groups is 1. The first-order chi connectivity index (χ1) is 14.1. The Morgan fingerprint density at radius 1 is 1.10 bits per heavy atom. The molecule has 1 N–H and O–H groups in total. The maximum Gasteiger partial charge on any atom is 0.340 e. The minimum absolute atomic E-state index is 0.259. The third-order valence-electron chi connectivity index (χ3n) is 3.65. The Labute approximate surface area is 179 Å². The quantitative estimate of drug-likeness (QED) is 0.370. The van der Waals surface area contributed by atoms with Crippen LogP contribution in [0.3, 0.4) is 0 Å². The lowest BCUT2D eigenvalue weighted by Gasteiger charge is -2.17. The number of benzene rings is 1. The number of anilines is 1. The fourth-order valence-electron chi connectivity index (χ4n) is 2.33. The summed E-state index contributed by atoms with van der Waals surface area (Å²) in [5, 5.41) is 3.23. The fourth-order valence-corrected chi connectivity index (χ4v) is 3.24. The van der Waals surface area contributed by atoms with Crippen LogP contribution in [0.2, 0.25) is 4.47 Å². The summed E-state index contributed by atoms with van der Waals surface area (Å²) in [4.78, 5) is 17.4. The van der Waals surface area contributed by atoms with Crippen LogP contribution in [-0.2, 0) is 20.8 Å². The fraction of sp³-hybridized carbons (Fsp3) is 0.474. The summed E-state index contributed by atoms with van der Waals surface area (Å²) in [6, 6.07) is 3.32. The van der Waals surface area contributed by atoms with E-state index in [0.29, 0.717) is 60.2 Å². The predicted molar refractivity (Wildman–Crippen MR) is 112 cm³/mol. The molecule has 0 aliphatic rings.